The Hall–Kier alpha value is -1.59. The van der Waals surface area contributed by atoms with Crippen LogP contribution in [0.25, 0.3) is 0 Å². The minimum Gasteiger partial charge on any atom is -0.492 e. The van der Waals surface area contributed by atoms with Crippen LogP contribution in [0.1, 0.15) is 5.56 Å². The number of benzene rings is 1. The van der Waals surface area contributed by atoms with Crippen LogP contribution in [0.15, 0.2) is 24.3 Å². The number of nitrogens with one attached hydrogen (secondary N) is 1. The molecule has 0 bridgehead atoms. The fraction of sp³-hybridized carbons (Fsp3) is 0.462. The molecular weight excluding hydrogens is 232 g/mol. The molecule has 0 radical (unpaired) electrons. The van der Waals surface area contributed by atoms with Gasteiger partial charge in [0.2, 0.25) is 5.91 Å². The van der Waals surface area contributed by atoms with Gasteiger partial charge in [0.05, 0.1) is 13.2 Å². The van der Waals surface area contributed by atoms with Crippen LogP contribution in [0.2, 0.25) is 0 Å². The number of hydrogen-bond acceptors (Lipinski definition) is 4. The number of ether oxygens (including phenoxy) is 2. The van der Waals surface area contributed by atoms with Crippen LogP contribution < -0.4 is 15.8 Å². The van der Waals surface area contributed by atoms with E-state index in [9.17, 15) is 4.79 Å². The van der Waals surface area contributed by atoms with E-state index < -0.39 is 0 Å². The zero-order valence-electron chi connectivity index (χ0n) is 10.6. The van der Waals surface area contributed by atoms with E-state index in [4.69, 9.17) is 15.2 Å². The van der Waals surface area contributed by atoms with E-state index in [1.807, 2.05) is 31.2 Å². The molecule has 0 saturated heterocycles. The summed E-state index contributed by atoms with van der Waals surface area (Å²) in [5.74, 6) is 0.653. The molecule has 0 aliphatic rings. The average Bonchev–Trinajstić information content (AvgIpc) is 2.35. The van der Waals surface area contributed by atoms with E-state index in [2.05, 4.69) is 5.32 Å². The Bertz CT molecular complexity index is 369. The van der Waals surface area contributed by atoms with Crippen LogP contribution in [0.3, 0.4) is 0 Å². The zero-order valence-corrected chi connectivity index (χ0v) is 10.6. The molecule has 0 spiro atoms. The van der Waals surface area contributed by atoms with Crippen molar-refractivity contribution in [3.63, 3.8) is 0 Å². The lowest BCUT2D eigenvalue weighted by atomic mass is 10.2. The summed E-state index contributed by atoms with van der Waals surface area (Å²) in [6.07, 6.45) is 0. The van der Waals surface area contributed by atoms with Gasteiger partial charge in [-0.3, -0.25) is 4.79 Å². The van der Waals surface area contributed by atoms with E-state index in [0.29, 0.717) is 26.3 Å². The first-order chi connectivity index (χ1) is 8.72. The van der Waals surface area contributed by atoms with Crippen molar-refractivity contribution >= 4 is 5.91 Å². The van der Waals surface area contributed by atoms with Gasteiger partial charge < -0.3 is 20.5 Å². The number of amides is 1. The van der Waals surface area contributed by atoms with Crippen LogP contribution >= 0.6 is 0 Å². The second-order valence-electron chi connectivity index (χ2n) is 3.86. The largest absolute Gasteiger partial charge is 0.492 e. The maximum Gasteiger partial charge on any atom is 0.246 e. The molecule has 18 heavy (non-hydrogen) atoms. The maximum absolute atomic E-state index is 11.3. The fourth-order valence-corrected chi connectivity index (χ4v) is 1.36. The van der Waals surface area contributed by atoms with Crippen molar-refractivity contribution < 1.29 is 14.3 Å². The van der Waals surface area contributed by atoms with Crippen LogP contribution in [-0.2, 0) is 9.53 Å². The highest BCUT2D eigenvalue weighted by molar-refractivity contribution is 5.77. The lowest BCUT2D eigenvalue weighted by Crippen LogP contribution is -2.31. The van der Waals surface area contributed by atoms with Gasteiger partial charge >= 0.3 is 0 Å². The predicted molar refractivity (Wildman–Crippen MR) is 69.6 cm³/mol. The van der Waals surface area contributed by atoms with E-state index in [1.54, 1.807) is 0 Å². The third-order valence-electron chi connectivity index (χ3n) is 2.18. The molecule has 5 heteroatoms. The molecule has 0 aliphatic heterocycles. The quantitative estimate of drug-likeness (QED) is 0.659. The highest BCUT2D eigenvalue weighted by Gasteiger charge is 2.00. The molecule has 5 nitrogen and oxygen atoms in total. The number of aryl methyl sites for hydroxylation is 1. The molecule has 1 aromatic carbocycles. The van der Waals surface area contributed by atoms with Crippen LogP contribution in [0, 0.1) is 6.92 Å². The number of rotatable bonds is 8. The van der Waals surface area contributed by atoms with Crippen LogP contribution in [-0.4, -0.2) is 38.8 Å². The lowest BCUT2D eigenvalue weighted by Gasteiger charge is -2.08. The van der Waals surface area contributed by atoms with Gasteiger partial charge in [-0.1, -0.05) is 12.1 Å². The van der Waals surface area contributed by atoms with E-state index >= 15 is 0 Å². The Morgan fingerprint density at radius 1 is 1.39 bits per heavy atom. The molecule has 1 aromatic rings. The third-order valence-corrected chi connectivity index (χ3v) is 2.18. The van der Waals surface area contributed by atoms with Gasteiger partial charge in [-0.05, 0) is 24.6 Å². The molecule has 0 fully saturated rings. The summed E-state index contributed by atoms with van der Waals surface area (Å²) in [6.45, 7) is 3.76. The molecule has 3 N–H and O–H groups in total. The van der Waals surface area contributed by atoms with E-state index in [-0.39, 0.29) is 12.5 Å². The van der Waals surface area contributed by atoms with Gasteiger partial charge in [-0.2, -0.15) is 0 Å². The Morgan fingerprint density at radius 3 is 2.94 bits per heavy atom. The lowest BCUT2D eigenvalue weighted by molar-refractivity contribution is -0.125. The standard InChI is InChI=1S/C13H20N2O3/c1-11-3-2-4-12(9-11)18-8-6-15-13(16)10-17-7-5-14/h2-4,9H,5-8,10,14H2,1H3,(H,15,16). The summed E-state index contributed by atoms with van der Waals surface area (Å²) in [6, 6.07) is 7.78. The van der Waals surface area contributed by atoms with Crippen molar-refractivity contribution in [2.24, 2.45) is 5.73 Å². The summed E-state index contributed by atoms with van der Waals surface area (Å²) < 4.78 is 10.5. The molecule has 1 amide bonds. The summed E-state index contributed by atoms with van der Waals surface area (Å²) in [5, 5.41) is 2.70. The topological polar surface area (TPSA) is 73.6 Å². The zero-order chi connectivity index (χ0) is 13.2. The molecule has 0 heterocycles. The summed E-state index contributed by atoms with van der Waals surface area (Å²) in [4.78, 5) is 11.3. The molecular formula is C13H20N2O3. The highest BCUT2D eigenvalue weighted by atomic mass is 16.5. The molecule has 100 valence electrons. The molecule has 0 aliphatic carbocycles. The smallest absolute Gasteiger partial charge is 0.246 e. The van der Waals surface area contributed by atoms with Crippen molar-refractivity contribution in [2.75, 3.05) is 32.9 Å². The predicted octanol–water partition coefficient (Wildman–Crippen LogP) is 0.465. The number of hydrogen-bond donors (Lipinski definition) is 2. The maximum atomic E-state index is 11.3. The molecule has 0 saturated carbocycles. The van der Waals surface area contributed by atoms with Gasteiger partial charge in [0.1, 0.15) is 19.0 Å². The van der Waals surface area contributed by atoms with Gasteiger partial charge in [0.15, 0.2) is 0 Å². The Labute approximate surface area is 107 Å². The normalized spacial score (nSPS) is 10.1. The first-order valence-electron chi connectivity index (χ1n) is 5.96. The molecule has 1 rings (SSSR count). The first kappa shape index (κ1) is 14.5. The van der Waals surface area contributed by atoms with Crippen molar-refractivity contribution in [1.29, 1.82) is 0 Å². The number of carbonyl (C=O) groups is 1. The second kappa shape index (κ2) is 8.49. The van der Waals surface area contributed by atoms with Gasteiger partial charge in [-0.15, -0.1) is 0 Å². The third kappa shape index (κ3) is 6.22. The minimum absolute atomic E-state index is 0.0433. The van der Waals surface area contributed by atoms with Crippen molar-refractivity contribution in [2.45, 2.75) is 6.92 Å². The SMILES string of the molecule is Cc1cccc(OCCNC(=O)COCCN)c1. The number of nitrogens with two attached hydrogens (primary N) is 1. The monoisotopic (exact) mass is 252 g/mol. The molecule has 0 aromatic heterocycles. The highest BCUT2D eigenvalue weighted by Crippen LogP contribution is 2.11. The second-order valence-corrected chi connectivity index (χ2v) is 3.86. The Morgan fingerprint density at radius 2 is 2.22 bits per heavy atom. The van der Waals surface area contributed by atoms with E-state index in [1.165, 1.54) is 0 Å². The summed E-state index contributed by atoms with van der Waals surface area (Å²) in [7, 11) is 0. The van der Waals surface area contributed by atoms with Crippen molar-refractivity contribution in [1.82, 2.24) is 5.32 Å². The van der Waals surface area contributed by atoms with Crippen molar-refractivity contribution in [3.8, 4) is 5.75 Å². The van der Waals surface area contributed by atoms with Crippen molar-refractivity contribution in [3.05, 3.63) is 29.8 Å². The average molecular weight is 252 g/mol. The van der Waals surface area contributed by atoms with Gasteiger partial charge in [0.25, 0.3) is 0 Å². The first-order valence-corrected chi connectivity index (χ1v) is 5.96. The minimum atomic E-state index is -0.156. The fourth-order valence-electron chi connectivity index (χ4n) is 1.36. The summed E-state index contributed by atoms with van der Waals surface area (Å²) >= 11 is 0. The molecule has 0 unspecified atom stereocenters. The summed E-state index contributed by atoms with van der Waals surface area (Å²) in [5.41, 5.74) is 6.38. The van der Waals surface area contributed by atoms with E-state index in [0.717, 1.165) is 11.3 Å². The van der Waals surface area contributed by atoms with Crippen LogP contribution in [0.4, 0.5) is 0 Å². The van der Waals surface area contributed by atoms with Gasteiger partial charge in [0, 0.05) is 6.54 Å². The van der Waals surface area contributed by atoms with Crippen LogP contribution in [0.5, 0.6) is 5.75 Å². The van der Waals surface area contributed by atoms with Gasteiger partial charge in [-0.25, -0.2) is 0 Å². The number of carbonyl (C=O) groups excluding carboxylic acids is 1. The Balaban J connectivity index is 2.09. The molecule has 0 atom stereocenters. The Kier molecular flexibility index (Phi) is 6.83.